The molecule has 0 bridgehead atoms. The molecule has 96 valence electrons. The highest BCUT2D eigenvalue weighted by Gasteiger charge is 2.35. The average molecular weight is 270 g/mol. The van der Waals surface area contributed by atoms with Gasteiger partial charge in [-0.3, -0.25) is 0 Å². The molecule has 1 aromatic rings. The van der Waals surface area contributed by atoms with Gasteiger partial charge < -0.3 is 19.8 Å². The van der Waals surface area contributed by atoms with E-state index < -0.39 is 26.1 Å². The molecule has 0 aliphatic carbocycles. The standard InChI is InChI=1S/C9H7F3O.H3O3P/c1-2-6-4-3-5-7(13)8(6)9(10,11)12;1-4(2)3/h2-5,13H,1H2;1-3H. The van der Waals surface area contributed by atoms with Gasteiger partial charge in [0.05, 0.1) is 0 Å². The van der Waals surface area contributed by atoms with E-state index in [4.69, 9.17) is 19.8 Å². The van der Waals surface area contributed by atoms with Gasteiger partial charge in [0, 0.05) is 0 Å². The maximum absolute atomic E-state index is 12.3. The first-order chi connectivity index (χ1) is 7.70. The van der Waals surface area contributed by atoms with Gasteiger partial charge in [0.25, 0.3) is 0 Å². The summed E-state index contributed by atoms with van der Waals surface area (Å²) in [7, 11) is -2.62. The van der Waals surface area contributed by atoms with Crippen LogP contribution in [0.3, 0.4) is 0 Å². The first kappa shape index (κ1) is 15.9. The number of halogens is 3. The Bertz CT molecular complexity index is 376. The van der Waals surface area contributed by atoms with E-state index in [2.05, 4.69) is 6.58 Å². The summed E-state index contributed by atoms with van der Waals surface area (Å²) in [6.07, 6.45) is -3.49. The topological polar surface area (TPSA) is 80.9 Å². The minimum Gasteiger partial charge on any atom is -0.507 e. The van der Waals surface area contributed by atoms with Gasteiger partial charge in [-0.1, -0.05) is 24.8 Å². The Morgan fingerprint density at radius 3 is 1.94 bits per heavy atom. The Morgan fingerprint density at radius 2 is 1.65 bits per heavy atom. The highest BCUT2D eigenvalue weighted by molar-refractivity contribution is 7.38. The van der Waals surface area contributed by atoms with Crippen molar-refractivity contribution in [3.05, 3.63) is 35.9 Å². The van der Waals surface area contributed by atoms with E-state index in [-0.39, 0.29) is 5.56 Å². The molecule has 8 heteroatoms. The fourth-order valence-corrected chi connectivity index (χ4v) is 1.04. The van der Waals surface area contributed by atoms with Gasteiger partial charge in [-0.25, -0.2) is 0 Å². The van der Waals surface area contributed by atoms with Crippen LogP contribution in [0.2, 0.25) is 0 Å². The molecule has 0 unspecified atom stereocenters. The number of hydrogen-bond acceptors (Lipinski definition) is 4. The lowest BCUT2D eigenvalue weighted by Crippen LogP contribution is -2.07. The number of phenols is 1. The quantitative estimate of drug-likeness (QED) is 0.590. The van der Waals surface area contributed by atoms with E-state index in [1.807, 2.05) is 0 Å². The number of benzene rings is 1. The molecule has 0 saturated heterocycles. The van der Waals surface area contributed by atoms with E-state index in [1.54, 1.807) is 0 Å². The summed E-state index contributed by atoms with van der Waals surface area (Å²) in [5, 5.41) is 8.99. The van der Waals surface area contributed by atoms with Crippen LogP contribution in [-0.4, -0.2) is 19.8 Å². The molecule has 0 aliphatic rings. The predicted octanol–water partition coefficient (Wildman–Crippen LogP) is 2.24. The zero-order valence-corrected chi connectivity index (χ0v) is 9.28. The summed E-state index contributed by atoms with van der Waals surface area (Å²) >= 11 is 0. The van der Waals surface area contributed by atoms with Crippen molar-refractivity contribution < 1.29 is 33.0 Å². The van der Waals surface area contributed by atoms with Crippen LogP contribution in [0.1, 0.15) is 11.1 Å². The van der Waals surface area contributed by atoms with Crippen molar-refractivity contribution in [2.24, 2.45) is 0 Å². The summed E-state index contributed by atoms with van der Waals surface area (Å²) in [4.78, 5) is 21.7. The third-order valence-corrected chi connectivity index (χ3v) is 1.58. The molecular weight excluding hydrogens is 260 g/mol. The Kier molecular flexibility index (Phi) is 6.12. The van der Waals surface area contributed by atoms with Crippen molar-refractivity contribution in [2.75, 3.05) is 0 Å². The molecule has 0 atom stereocenters. The lowest BCUT2D eigenvalue weighted by atomic mass is 10.1. The van der Waals surface area contributed by atoms with Gasteiger partial charge in [0.1, 0.15) is 11.3 Å². The maximum Gasteiger partial charge on any atom is 0.420 e. The Balaban J connectivity index is 0.000000557. The zero-order chi connectivity index (χ0) is 13.6. The van der Waals surface area contributed by atoms with Crippen LogP contribution in [-0.2, 0) is 6.18 Å². The smallest absolute Gasteiger partial charge is 0.420 e. The maximum atomic E-state index is 12.3. The SMILES string of the molecule is C=Cc1cccc(O)c1C(F)(F)F.OP(O)O. The van der Waals surface area contributed by atoms with Gasteiger partial charge in [-0.2, -0.15) is 13.2 Å². The molecule has 0 aromatic heterocycles. The molecule has 0 saturated carbocycles. The second-order valence-corrected chi connectivity index (χ2v) is 3.25. The van der Waals surface area contributed by atoms with Crippen LogP contribution in [0, 0.1) is 0 Å². The van der Waals surface area contributed by atoms with Crippen molar-refractivity contribution in [3.8, 4) is 5.75 Å². The highest BCUT2D eigenvalue weighted by atomic mass is 31.2. The van der Waals surface area contributed by atoms with Crippen LogP contribution >= 0.6 is 8.60 Å². The van der Waals surface area contributed by atoms with Gasteiger partial charge in [0.2, 0.25) is 0 Å². The van der Waals surface area contributed by atoms with Crippen molar-refractivity contribution in [3.63, 3.8) is 0 Å². The van der Waals surface area contributed by atoms with Crippen molar-refractivity contribution in [1.82, 2.24) is 0 Å². The summed E-state index contributed by atoms with van der Waals surface area (Å²) in [5.74, 6) is -0.773. The number of rotatable bonds is 1. The molecule has 0 radical (unpaired) electrons. The summed E-state index contributed by atoms with van der Waals surface area (Å²) in [6.45, 7) is 3.24. The van der Waals surface area contributed by atoms with Crippen LogP contribution in [0.25, 0.3) is 6.08 Å². The molecule has 0 amide bonds. The number of phenolic OH excluding ortho intramolecular Hbond substituents is 1. The second-order valence-electron chi connectivity index (χ2n) is 2.71. The predicted molar refractivity (Wildman–Crippen MR) is 56.8 cm³/mol. The van der Waals surface area contributed by atoms with E-state index in [9.17, 15) is 13.2 Å². The summed E-state index contributed by atoms with van der Waals surface area (Å²) in [6, 6.07) is 3.58. The molecular formula is C9H10F3O4P. The van der Waals surface area contributed by atoms with Crippen LogP contribution in [0.4, 0.5) is 13.2 Å². The average Bonchev–Trinajstić information content (AvgIpc) is 2.14. The number of alkyl halides is 3. The molecule has 0 fully saturated rings. The van der Waals surface area contributed by atoms with E-state index in [0.29, 0.717) is 0 Å². The van der Waals surface area contributed by atoms with Crippen LogP contribution < -0.4 is 0 Å². The molecule has 4 nitrogen and oxygen atoms in total. The molecule has 17 heavy (non-hydrogen) atoms. The molecule has 0 aliphatic heterocycles. The first-order valence-electron chi connectivity index (χ1n) is 4.08. The molecule has 1 aromatic carbocycles. The third kappa shape index (κ3) is 5.65. The van der Waals surface area contributed by atoms with Crippen LogP contribution in [0.5, 0.6) is 5.75 Å². The Labute approximate surface area is 96.3 Å². The minimum atomic E-state index is -4.55. The number of hydrogen-bond donors (Lipinski definition) is 4. The second kappa shape index (κ2) is 6.56. The van der Waals surface area contributed by atoms with E-state index in [1.165, 1.54) is 12.1 Å². The largest absolute Gasteiger partial charge is 0.507 e. The minimum absolute atomic E-state index is 0.118. The van der Waals surface area contributed by atoms with Gasteiger partial charge >= 0.3 is 14.8 Å². The van der Waals surface area contributed by atoms with Crippen molar-refractivity contribution in [2.45, 2.75) is 6.18 Å². The normalized spacial score (nSPS) is 10.8. The van der Waals surface area contributed by atoms with E-state index in [0.717, 1.165) is 12.1 Å². The van der Waals surface area contributed by atoms with Gasteiger partial charge in [0.15, 0.2) is 0 Å². The lowest BCUT2D eigenvalue weighted by molar-refractivity contribution is -0.138. The summed E-state index contributed by atoms with van der Waals surface area (Å²) < 4.78 is 36.9. The van der Waals surface area contributed by atoms with Gasteiger partial charge in [-0.15, -0.1) is 0 Å². The number of aromatic hydroxyl groups is 1. The van der Waals surface area contributed by atoms with Crippen molar-refractivity contribution in [1.29, 1.82) is 0 Å². The van der Waals surface area contributed by atoms with Crippen molar-refractivity contribution >= 4 is 14.7 Å². The first-order valence-corrected chi connectivity index (χ1v) is 5.28. The Hall–Kier alpha value is -1.14. The summed E-state index contributed by atoms with van der Waals surface area (Å²) in [5.41, 5.74) is -1.16. The Morgan fingerprint density at radius 1 is 1.18 bits per heavy atom. The van der Waals surface area contributed by atoms with Crippen LogP contribution in [0.15, 0.2) is 24.8 Å². The fourth-order valence-electron chi connectivity index (χ4n) is 1.04. The molecule has 1 rings (SSSR count). The van der Waals surface area contributed by atoms with E-state index >= 15 is 0 Å². The lowest BCUT2D eigenvalue weighted by Gasteiger charge is -2.11. The molecule has 0 heterocycles. The molecule has 4 N–H and O–H groups in total. The molecule has 0 spiro atoms. The highest BCUT2D eigenvalue weighted by Crippen LogP contribution is 2.38. The van der Waals surface area contributed by atoms with Gasteiger partial charge in [-0.05, 0) is 11.6 Å². The zero-order valence-electron chi connectivity index (χ0n) is 8.39. The third-order valence-electron chi connectivity index (χ3n) is 1.58. The monoisotopic (exact) mass is 270 g/mol. The fraction of sp³-hybridized carbons (Fsp3) is 0.111.